The van der Waals surface area contributed by atoms with Crippen molar-refractivity contribution >= 4 is 65.6 Å². The molecule has 0 bridgehead atoms. The molecule has 0 spiro atoms. The smallest absolute Gasteiger partial charge is 0.136 e. The van der Waals surface area contributed by atoms with Crippen LogP contribution >= 0.6 is 0 Å². The predicted molar refractivity (Wildman–Crippen MR) is 197 cm³/mol. The van der Waals surface area contributed by atoms with Crippen LogP contribution in [0.2, 0.25) is 0 Å². The van der Waals surface area contributed by atoms with E-state index in [4.69, 9.17) is 4.42 Å². The molecule has 0 unspecified atom stereocenters. The number of benzene rings is 7. The highest BCUT2D eigenvalue weighted by Crippen LogP contribution is 2.40. The van der Waals surface area contributed by atoms with E-state index in [1.54, 1.807) is 0 Å². The average Bonchev–Trinajstić information content (AvgIpc) is 3.80. The molecule has 226 valence electrons. The Morgan fingerprint density at radius 1 is 0.388 bits per heavy atom. The molecule has 5 heteroatoms. The molecule has 0 atom stereocenters. The Morgan fingerprint density at radius 2 is 0.857 bits per heavy atom. The number of fused-ring (bicyclic) bond motifs is 9. The molecule has 0 amide bonds. The predicted octanol–water partition coefficient (Wildman–Crippen LogP) is 11.2. The van der Waals surface area contributed by atoms with Crippen molar-refractivity contribution in [2.45, 2.75) is 0 Å². The third-order valence-electron chi connectivity index (χ3n) is 9.80. The van der Waals surface area contributed by atoms with Crippen molar-refractivity contribution in [3.63, 3.8) is 0 Å². The fourth-order valence-corrected chi connectivity index (χ4v) is 7.61. The lowest BCUT2D eigenvalue weighted by atomic mass is 9.99. The normalized spacial score (nSPS) is 11.6. The average molecular weight is 625 g/mol. The third kappa shape index (κ3) is 3.85. The van der Waals surface area contributed by atoms with E-state index in [0.29, 0.717) is 11.1 Å². The zero-order valence-electron chi connectivity index (χ0n) is 26.1. The van der Waals surface area contributed by atoms with Gasteiger partial charge in [0.25, 0.3) is 0 Å². The maximum Gasteiger partial charge on any atom is 0.136 e. The van der Waals surface area contributed by atoms with Gasteiger partial charge in [0, 0.05) is 32.3 Å². The molecule has 10 aromatic rings. The molecule has 0 radical (unpaired) electrons. The molecule has 0 saturated heterocycles. The Bertz CT molecular complexity index is 3030. The topological polar surface area (TPSA) is 70.6 Å². The van der Waals surface area contributed by atoms with E-state index in [0.717, 1.165) is 88.1 Å². The van der Waals surface area contributed by atoms with Gasteiger partial charge < -0.3 is 13.6 Å². The minimum Gasteiger partial charge on any atom is -0.456 e. The summed E-state index contributed by atoms with van der Waals surface area (Å²) < 4.78 is 10.7. The van der Waals surface area contributed by atoms with Gasteiger partial charge in [0.2, 0.25) is 0 Å². The Labute approximate surface area is 280 Å². The van der Waals surface area contributed by atoms with E-state index < -0.39 is 0 Å². The first-order chi connectivity index (χ1) is 24.2. The van der Waals surface area contributed by atoms with Crippen molar-refractivity contribution in [3.8, 4) is 34.6 Å². The maximum absolute atomic E-state index is 10.4. The van der Waals surface area contributed by atoms with Crippen LogP contribution in [0.5, 0.6) is 0 Å². The van der Waals surface area contributed by atoms with Gasteiger partial charge >= 0.3 is 0 Å². The number of para-hydroxylation sites is 4. The highest BCUT2D eigenvalue weighted by molar-refractivity contribution is 6.17. The summed E-state index contributed by atoms with van der Waals surface area (Å²) in [5.41, 5.74) is 10.4. The van der Waals surface area contributed by atoms with Gasteiger partial charge in [-0.1, -0.05) is 84.9 Å². The van der Waals surface area contributed by atoms with E-state index in [9.17, 15) is 10.5 Å². The molecule has 0 aliphatic heterocycles. The van der Waals surface area contributed by atoms with Crippen molar-refractivity contribution < 1.29 is 4.42 Å². The van der Waals surface area contributed by atoms with Gasteiger partial charge in [0.15, 0.2) is 0 Å². The lowest BCUT2D eigenvalue weighted by Gasteiger charge is -2.15. The summed E-state index contributed by atoms with van der Waals surface area (Å²) in [6.45, 7) is 0. The zero-order chi connectivity index (χ0) is 32.6. The first-order valence-electron chi connectivity index (χ1n) is 16.1. The summed E-state index contributed by atoms with van der Waals surface area (Å²) >= 11 is 0. The van der Waals surface area contributed by atoms with Gasteiger partial charge in [0.05, 0.1) is 44.6 Å². The van der Waals surface area contributed by atoms with Gasteiger partial charge in [0.1, 0.15) is 23.3 Å². The summed E-state index contributed by atoms with van der Waals surface area (Å²) in [5.74, 6) is 0. The van der Waals surface area contributed by atoms with Gasteiger partial charge in [-0.2, -0.15) is 10.5 Å². The van der Waals surface area contributed by atoms with Crippen molar-refractivity contribution in [3.05, 3.63) is 157 Å². The number of furan rings is 1. The van der Waals surface area contributed by atoms with E-state index >= 15 is 0 Å². The fraction of sp³-hybridized carbons (Fsp3) is 0. The van der Waals surface area contributed by atoms with Crippen LogP contribution in [-0.2, 0) is 0 Å². The number of rotatable bonds is 3. The molecule has 0 N–H and O–H groups in total. The minimum absolute atomic E-state index is 0.569. The minimum atomic E-state index is 0.569. The molecule has 7 aromatic carbocycles. The Morgan fingerprint density at radius 3 is 1.41 bits per heavy atom. The Balaban J connectivity index is 1.23. The number of nitriles is 2. The molecular formula is C44H24N4O. The van der Waals surface area contributed by atoms with E-state index in [1.807, 2.05) is 78.9 Å². The summed E-state index contributed by atoms with van der Waals surface area (Å²) in [7, 11) is 0. The van der Waals surface area contributed by atoms with Crippen LogP contribution < -0.4 is 0 Å². The van der Waals surface area contributed by atoms with E-state index in [-0.39, 0.29) is 0 Å². The summed E-state index contributed by atoms with van der Waals surface area (Å²) in [6.07, 6.45) is 0. The number of hydrogen-bond acceptors (Lipinski definition) is 3. The van der Waals surface area contributed by atoms with Crippen LogP contribution in [0, 0.1) is 22.7 Å². The molecule has 0 aliphatic carbocycles. The SMILES string of the molecule is N#Cc1ccc(-c2ccc(C#N)c(-n3c4ccccc4c4cc5oc6ccccc6c5cc43)c2)cc1-n1c2ccccc2c2ccccc21. The third-order valence-corrected chi connectivity index (χ3v) is 9.80. The molecule has 3 heterocycles. The molecule has 0 aliphatic rings. The highest BCUT2D eigenvalue weighted by Gasteiger charge is 2.20. The monoisotopic (exact) mass is 624 g/mol. The molecule has 49 heavy (non-hydrogen) atoms. The number of aromatic nitrogens is 2. The van der Waals surface area contributed by atoms with Gasteiger partial charge in [-0.15, -0.1) is 0 Å². The van der Waals surface area contributed by atoms with E-state index in [1.165, 1.54) is 0 Å². The molecular weight excluding hydrogens is 601 g/mol. The largest absolute Gasteiger partial charge is 0.456 e. The maximum atomic E-state index is 10.4. The summed E-state index contributed by atoms with van der Waals surface area (Å²) in [6, 6.07) is 54.2. The van der Waals surface area contributed by atoms with Crippen LogP contribution in [0.4, 0.5) is 0 Å². The van der Waals surface area contributed by atoms with Gasteiger partial charge in [-0.25, -0.2) is 0 Å². The zero-order valence-corrected chi connectivity index (χ0v) is 26.1. The Kier molecular flexibility index (Phi) is 5.64. The van der Waals surface area contributed by atoms with Crippen LogP contribution in [0.15, 0.2) is 150 Å². The molecule has 0 saturated carbocycles. The lowest BCUT2D eigenvalue weighted by molar-refractivity contribution is 0.669. The van der Waals surface area contributed by atoms with Crippen molar-refractivity contribution in [1.82, 2.24) is 9.13 Å². The highest BCUT2D eigenvalue weighted by atomic mass is 16.3. The second-order valence-electron chi connectivity index (χ2n) is 12.4. The van der Waals surface area contributed by atoms with Crippen molar-refractivity contribution in [2.75, 3.05) is 0 Å². The quantitative estimate of drug-likeness (QED) is 0.196. The standard InChI is InChI=1S/C44H24N4O/c45-25-29-19-17-27(21-40(29)47-37-13-5-1-9-31(37)32-10-2-6-14-38(32)47)28-18-20-30(26-46)41(22-28)48-39-15-7-3-11-33(39)35-24-44-36(23-42(35)48)34-12-4-8-16-43(34)49-44/h1-24H. The first-order valence-corrected chi connectivity index (χ1v) is 16.1. The lowest BCUT2D eigenvalue weighted by Crippen LogP contribution is -2.00. The summed E-state index contributed by atoms with van der Waals surface area (Å²) in [4.78, 5) is 0. The number of hydrogen-bond donors (Lipinski definition) is 0. The van der Waals surface area contributed by atoms with E-state index in [2.05, 4.69) is 88.0 Å². The van der Waals surface area contributed by atoms with Crippen LogP contribution in [-0.4, -0.2) is 9.13 Å². The molecule has 5 nitrogen and oxygen atoms in total. The molecule has 10 rings (SSSR count). The Hall–Kier alpha value is -7.08. The van der Waals surface area contributed by atoms with Crippen LogP contribution in [0.25, 0.3) is 88.1 Å². The van der Waals surface area contributed by atoms with Gasteiger partial charge in [-0.3, -0.25) is 0 Å². The van der Waals surface area contributed by atoms with Crippen molar-refractivity contribution in [1.29, 1.82) is 10.5 Å². The fourth-order valence-electron chi connectivity index (χ4n) is 7.61. The van der Waals surface area contributed by atoms with Gasteiger partial charge in [-0.05, 0) is 71.8 Å². The van der Waals surface area contributed by atoms with Crippen LogP contribution in [0.1, 0.15) is 11.1 Å². The second kappa shape index (κ2) is 10.2. The second-order valence-corrected chi connectivity index (χ2v) is 12.4. The number of nitrogens with zero attached hydrogens (tertiary/aromatic N) is 4. The molecule has 3 aromatic heterocycles. The van der Waals surface area contributed by atoms with Crippen molar-refractivity contribution in [2.24, 2.45) is 0 Å². The van der Waals surface area contributed by atoms with Crippen LogP contribution in [0.3, 0.4) is 0 Å². The first kappa shape index (κ1) is 27.1. The molecule has 0 fully saturated rings. The summed E-state index contributed by atoms with van der Waals surface area (Å²) in [5, 5.41) is 27.2.